The van der Waals surface area contributed by atoms with Gasteiger partial charge in [0.2, 0.25) is 0 Å². The van der Waals surface area contributed by atoms with Gasteiger partial charge in [0.1, 0.15) is 0 Å². The second kappa shape index (κ2) is 4.89. The third-order valence-electron chi connectivity index (χ3n) is 3.86. The highest BCUT2D eigenvalue weighted by molar-refractivity contribution is 7.12. The van der Waals surface area contributed by atoms with Crippen molar-refractivity contribution in [3.8, 4) is 0 Å². The molecule has 0 bridgehead atoms. The van der Waals surface area contributed by atoms with Crippen LogP contribution in [-0.2, 0) is 32.9 Å². The van der Waals surface area contributed by atoms with Crippen LogP contribution >= 0.6 is 11.3 Å². The second-order valence-corrected chi connectivity index (χ2v) is 6.52. The van der Waals surface area contributed by atoms with Gasteiger partial charge in [-0.3, -0.25) is 4.79 Å². The van der Waals surface area contributed by atoms with E-state index in [4.69, 9.17) is 14.6 Å². The van der Waals surface area contributed by atoms with Gasteiger partial charge in [0.05, 0.1) is 19.1 Å². The Balaban J connectivity index is 1.87. The first-order valence-electron chi connectivity index (χ1n) is 6.73. The summed E-state index contributed by atoms with van der Waals surface area (Å²) >= 11 is 1.72. The number of ether oxygens (including phenoxy) is 2. The molecule has 2 heterocycles. The first-order valence-corrected chi connectivity index (χ1v) is 7.55. The molecule has 4 nitrogen and oxygen atoms in total. The fourth-order valence-electron chi connectivity index (χ4n) is 2.85. The number of carboxylic acids is 1. The standard InChI is InChI=1S/C14H18O4S/c1-9(13(15)16)7-10-8-11-12(19-10)3-2-4-14(11)17-5-6-18-14/h8-9H,2-7H2,1H3,(H,15,16). The lowest BCUT2D eigenvalue weighted by Crippen LogP contribution is -2.30. The minimum atomic E-state index is -0.741. The third kappa shape index (κ3) is 2.30. The Kier molecular flexibility index (Phi) is 3.37. The minimum absolute atomic E-state index is 0.346. The summed E-state index contributed by atoms with van der Waals surface area (Å²) in [5.74, 6) is -1.62. The lowest BCUT2D eigenvalue weighted by Gasteiger charge is -2.31. The van der Waals surface area contributed by atoms with Crippen molar-refractivity contribution in [3.63, 3.8) is 0 Å². The maximum atomic E-state index is 11.0. The predicted molar refractivity (Wildman–Crippen MR) is 71.3 cm³/mol. The summed E-state index contributed by atoms with van der Waals surface area (Å²) in [7, 11) is 0. The molecule has 0 amide bonds. The Morgan fingerprint density at radius 1 is 1.53 bits per heavy atom. The van der Waals surface area contributed by atoms with Gasteiger partial charge < -0.3 is 14.6 Å². The molecule has 1 unspecified atom stereocenters. The number of rotatable bonds is 3. The molecule has 1 aliphatic heterocycles. The van der Waals surface area contributed by atoms with Crippen molar-refractivity contribution >= 4 is 17.3 Å². The molecular formula is C14H18O4S. The molecule has 1 atom stereocenters. The smallest absolute Gasteiger partial charge is 0.306 e. The lowest BCUT2D eigenvalue weighted by atomic mass is 9.92. The van der Waals surface area contributed by atoms with Gasteiger partial charge in [-0.1, -0.05) is 6.92 Å². The van der Waals surface area contributed by atoms with E-state index in [9.17, 15) is 4.79 Å². The minimum Gasteiger partial charge on any atom is -0.481 e. The zero-order valence-corrected chi connectivity index (χ0v) is 11.8. The highest BCUT2D eigenvalue weighted by Crippen LogP contribution is 2.45. The van der Waals surface area contributed by atoms with Crippen LogP contribution in [0.5, 0.6) is 0 Å². The van der Waals surface area contributed by atoms with Crippen molar-refractivity contribution in [1.82, 2.24) is 0 Å². The Morgan fingerprint density at radius 2 is 2.26 bits per heavy atom. The first-order chi connectivity index (χ1) is 9.11. The van der Waals surface area contributed by atoms with E-state index >= 15 is 0 Å². The van der Waals surface area contributed by atoms with Crippen LogP contribution in [0, 0.1) is 5.92 Å². The van der Waals surface area contributed by atoms with Gasteiger partial charge in [0, 0.05) is 21.7 Å². The molecule has 0 saturated carbocycles. The summed E-state index contributed by atoms with van der Waals surface area (Å²) in [6, 6.07) is 2.10. The summed E-state index contributed by atoms with van der Waals surface area (Å²) in [6.07, 6.45) is 3.62. The summed E-state index contributed by atoms with van der Waals surface area (Å²) < 4.78 is 11.7. The van der Waals surface area contributed by atoms with Crippen molar-refractivity contribution in [2.75, 3.05) is 13.2 Å². The van der Waals surface area contributed by atoms with E-state index in [1.807, 2.05) is 0 Å². The average molecular weight is 282 g/mol. The molecular weight excluding hydrogens is 264 g/mol. The Morgan fingerprint density at radius 3 is 2.95 bits per heavy atom. The molecule has 2 aliphatic rings. The lowest BCUT2D eigenvalue weighted by molar-refractivity contribution is -0.175. The summed E-state index contributed by atoms with van der Waals surface area (Å²) in [6.45, 7) is 3.05. The molecule has 1 N–H and O–H groups in total. The molecule has 1 aromatic heterocycles. The van der Waals surface area contributed by atoms with Gasteiger partial charge in [0.25, 0.3) is 0 Å². The van der Waals surface area contributed by atoms with Crippen LogP contribution in [0.4, 0.5) is 0 Å². The van der Waals surface area contributed by atoms with E-state index in [-0.39, 0.29) is 5.92 Å². The zero-order valence-electron chi connectivity index (χ0n) is 11.0. The van der Waals surface area contributed by atoms with E-state index in [0.717, 1.165) is 29.7 Å². The Hall–Kier alpha value is -0.910. The largest absolute Gasteiger partial charge is 0.481 e. The number of hydrogen-bond donors (Lipinski definition) is 1. The van der Waals surface area contributed by atoms with Crippen LogP contribution in [0.1, 0.15) is 35.1 Å². The van der Waals surface area contributed by atoms with Crippen LogP contribution in [0.15, 0.2) is 6.07 Å². The van der Waals surface area contributed by atoms with E-state index in [1.165, 1.54) is 4.88 Å². The molecule has 19 heavy (non-hydrogen) atoms. The predicted octanol–water partition coefficient (Wildman–Crippen LogP) is 2.55. The molecule has 3 rings (SSSR count). The highest BCUT2D eigenvalue weighted by Gasteiger charge is 2.43. The second-order valence-electron chi connectivity index (χ2n) is 5.30. The summed E-state index contributed by atoms with van der Waals surface area (Å²) in [4.78, 5) is 13.4. The maximum Gasteiger partial charge on any atom is 0.306 e. The van der Waals surface area contributed by atoms with Crippen molar-refractivity contribution in [1.29, 1.82) is 0 Å². The van der Waals surface area contributed by atoms with Crippen molar-refractivity contribution < 1.29 is 19.4 Å². The molecule has 1 saturated heterocycles. The first kappa shape index (κ1) is 13.1. The van der Waals surface area contributed by atoms with E-state index in [2.05, 4.69) is 6.07 Å². The van der Waals surface area contributed by atoms with Crippen LogP contribution in [-0.4, -0.2) is 24.3 Å². The Bertz CT molecular complexity index is 488. The van der Waals surface area contributed by atoms with E-state index in [0.29, 0.717) is 19.6 Å². The normalized spacial score (nSPS) is 22.4. The maximum absolute atomic E-state index is 11.0. The zero-order chi connectivity index (χ0) is 13.5. The fourth-order valence-corrected chi connectivity index (χ4v) is 4.25. The molecule has 1 aromatic rings. The van der Waals surface area contributed by atoms with Crippen LogP contribution in [0.3, 0.4) is 0 Å². The van der Waals surface area contributed by atoms with Crippen LogP contribution in [0.2, 0.25) is 0 Å². The summed E-state index contributed by atoms with van der Waals surface area (Å²) in [5.41, 5.74) is 1.15. The molecule has 1 fully saturated rings. The molecule has 0 aromatic carbocycles. The Labute approximate surface area is 116 Å². The van der Waals surface area contributed by atoms with E-state index in [1.54, 1.807) is 18.3 Å². The topological polar surface area (TPSA) is 55.8 Å². The van der Waals surface area contributed by atoms with Crippen LogP contribution in [0.25, 0.3) is 0 Å². The number of aryl methyl sites for hydroxylation is 1. The number of aliphatic carboxylic acids is 1. The molecule has 1 aliphatic carbocycles. The summed E-state index contributed by atoms with van der Waals surface area (Å²) in [5, 5.41) is 9.01. The number of carbonyl (C=O) groups is 1. The monoisotopic (exact) mass is 282 g/mol. The number of fused-ring (bicyclic) bond motifs is 2. The number of hydrogen-bond acceptors (Lipinski definition) is 4. The highest BCUT2D eigenvalue weighted by atomic mass is 32.1. The van der Waals surface area contributed by atoms with Gasteiger partial charge >= 0.3 is 5.97 Å². The number of thiophene rings is 1. The fraction of sp³-hybridized carbons (Fsp3) is 0.643. The van der Waals surface area contributed by atoms with Gasteiger partial charge in [-0.05, 0) is 25.3 Å². The van der Waals surface area contributed by atoms with Gasteiger partial charge in [-0.15, -0.1) is 11.3 Å². The van der Waals surface area contributed by atoms with Crippen molar-refractivity contribution in [2.45, 2.75) is 38.4 Å². The number of carboxylic acid groups (broad SMARTS) is 1. The van der Waals surface area contributed by atoms with Crippen molar-refractivity contribution in [3.05, 3.63) is 21.4 Å². The molecule has 104 valence electrons. The SMILES string of the molecule is CC(Cc1cc2c(s1)CCCC21OCCO1)C(=O)O. The molecule has 1 spiro atoms. The van der Waals surface area contributed by atoms with Crippen LogP contribution < -0.4 is 0 Å². The van der Waals surface area contributed by atoms with Gasteiger partial charge in [0.15, 0.2) is 5.79 Å². The van der Waals surface area contributed by atoms with Gasteiger partial charge in [-0.2, -0.15) is 0 Å². The van der Waals surface area contributed by atoms with Gasteiger partial charge in [-0.25, -0.2) is 0 Å². The van der Waals surface area contributed by atoms with E-state index < -0.39 is 11.8 Å². The molecule has 0 radical (unpaired) electrons. The third-order valence-corrected chi connectivity index (χ3v) is 5.08. The quantitative estimate of drug-likeness (QED) is 0.925. The van der Waals surface area contributed by atoms with Crippen molar-refractivity contribution in [2.24, 2.45) is 5.92 Å². The average Bonchev–Trinajstić information content (AvgIpc) is 2.97. The molecule has 5 heteroatoms.